The van der Waals surface area contributed by atoms with Gasteiger partial charge in [0.2, 0.25) is 10.0 Å². The van der Waals surface area contributed by atoms with E-state index in [1.807, 2.05) is 43.3 Å². The molecule has 1 saturated heterocycles. The van der Waals surface area contributed by atoms with Crippen molar-refractivity contribution in [2.75, 3.05) is 19.6 Å². The monoisotopic (exact) mass is 290 g/mol. The van der Waals surface area contributed by atoms with Crippen LogP contribution in [-0.4, -0.2) is 38.4 Å². The van der Waals surface area contributed by atoms with Crippen LogP contribution in [0.2, 0.25) is 0 Å². The molecule has 0 bridgehead atoms. The average molecular weight is 290 g/mol. The van der Waals surface area contributed by atoms with Gasteiger partial charge in [0.1, 0.15) is 0 Å². The maximum absolute atomic E-state index is 12.9. The quantitative estimate of drug-likeness (QED) is 0.918. The number of nitrogens with one attached hydrogen (secondary N) is 1. The van der Waals surface area contributed by atoms with Crippen molar-refractivity contribution in [3.8, 4) is 0 Å². The van der Waals surface area contributed by atoms with Crippen molar-refractivity contribution in [2.45, 2.75) is 17.9 Å². The van der Waals surface area contributed by atoms with Gasteiger partial charge in [0.25, 0.3) is 0 Å². The highest BCUT2D eigenvalue weighted by atomic mass is 32.2. The number of hydrogen-bond donors (Lipinski definition) is 1. The number of nitrogens with zero attached hydrogens (tertiary/aromatic N) is 1. The molecule has 0 saturated carbocycles. The molecule has 4 nitrogen and oxygen atoms in total. The summed E-state index contributed by atoms with van der Waals surface area (Å²) in [5, 5.41) is 4.97. The first-order valence-corrected chi connectivity index (χ1v) is 8.25. The zero-order valence-corrected chi connectivity index (χ0v) is 12.2. The second kappa shape index (κ2) is 5.16. The van der Waals surface area contributed by atoms with Gasteiger partial charge in [0, 0.05) is 31.1 Å². The molecular formula is C15H18N2O2S. The van der Waals surface area contributed by atoms with E-state index in [2.05, 4.69) is 5.32 Å². The molecule has 3 rings (SSSR count). The summed E-state index contributed by atoms with van der Waals surface area (Å²) in [6.07, 6.45) is 0. The minimum absolute atomic E-state index is 0.0206. The van der Waals surface area contributed by atoms with Gasteiger partial charge >= 0.3 is 0 Å². The van der Waals surface area contributed by atoms with Crippen molar-refractivity contribution >= 4 is 20.8 Å². The van der Waals surface area contributed by atoms with E-state index in [1.165, 1.54) is 0 Å². The van der Waals surface area contributed by atoms with Gasteiger partial charge in [-0.3, -0.25) is 0 Å². The van der Waals surface area contributed by atoms with Crippen molar-refractivity contribution in [3.05, 3.63) is 42.5 Å². The SMILES string of the molecule is CC1CNCCN1S(=O)(=O)c1cccc2ccccc12. The molecular weight excluding hydrogens is 272 g/mol. The maximum Gasteiger partial charge on any atom is 0.244 e. The van der Waals surface area contributed by atoms with Crippen LogP contribution in [0.1, 0.15) is 6.92 Å². The number of sulfonamides is 1. The summed E-state index contributed by atoms with van der Waals surface area (Å²) in [7, 11) is -3.44. The summed E-state index contributed by atoms with van der Waals surface area (Å²) >= 11 is 0. The summed E-state index contributed by atoms with van der Waals surface area (Å²) in [5.74, 6) is 0. The Morgan fingerprint density at radius 2 is 1.90 bits per heavy atom. The highest BCUT2D eigenvalue weighted by Crippen LogP contribution is 2.27. The van der Waals surface area contributed by atoms with Gasteiger partial charge in [-0.2, -0.15) is 4.31 Å². The average Bonchev–Trinajstić information content (AvgIpc) is 2.47. The second-order valence-corrected chi connectivity index (χ2v) is 7.01. The van der Waals surface area contributed by atoms with E-state index in [1.54, 1.807) is 10.4 Å². The molecule has 0 amide bonds. The highest BCUT2D eigenvalue weighted by Gasteiger charge is 2.31. The van der Waals surface area contributed by atoms with Crippen LogP contribution < -0.4 is 5.32 Å². The molecule has 106 valence electrons. The number of benzene rings is 2. The molecule has 1 atom stereocenters. The van der Waals surface area contributed by atoms with E-state index in [0.717, 1.165) is 10.8 Å². The molecule has 0 radical (unpaired) electrons. The molecule has 1 N–H and O–H groups in total. The lowest BCUT2D eigenvalue weighted by molar-refractivity contribution is 0.284. The largest absolute Gasteiger partial charge is 0.314 e. The van der Waals surface area contributed by atoms with Gasteiger partial charge in [0.15, 0.2) is 0 Å². The molecule has 1 unspecified atom stereocenters. The molecule has 0 aromatic heterocycles. The smallest absolute Gasteiger partial charge is 0.244 e. The summed E-state index contributed by atoms with van der Waals surface area (Å²) in [6.45, 7) is 3.86. The van der Waals surface area contributed by atoms with Crippen LogP contribution in [0, 0.1) is 0 Å². The fourth-order valence-corrected chi connectivity index (χ4v) is 4.57. The van der Waals surface area contributed by atoms with E-state index in [4.69, 9.17) is 0 Å². The first-order chi connectivity index (χ1) is 9.60. The fraction of sp³-hybridized carbons (Fsp3) is 0.333. The molecule has 0 aliphatic carbocycles. The van der Waals surface area contributed by atoms with Crippen molar-refractivity contribution in [2.24, 2.45) is 0 Å². The van der Waals surface area contributed by atoms with Gasteiger partial charge in [-0.25, -0.2) is 8.42 Å². The van der Waals surface area contributed by atoms with Crippen molar-refractivity contribution in [1.29, 1.82) is 0 Å². The van der Waals surface area contributed by atoms with Gasteiger partial charge in [-0.05, 0) is 18.4 Å². The molecule has 20 heavy (non-hydrogen) atoms. The Kier molecular flexibility index (Phi) is 3.50. The lowest BCUT2D eigenvalue weighted by Crippen LogP contribution is -2.52. The van der Waals surface area contributed by atoms with E-state index in [9.17, 15) is 8.42 Å². The second-order valence-electron chi connectivity index (χ2n) is 5.15. The Hall–Kier alpha value is -1.43. The van der Waals surface area contributed by atoms with Gasteiger partial charge in [-0.15, -0.1) is 0 Å². The van der Waals surface area contributed by atoms with Crippen LogP contribution in [0.15, 0.2) is 47.4 Å². The van der Waals surface area contributed by atoms with E-state index in [-0.39, 0.29) is 6.04 Å². The third-order valence-corrected chi connectivity index (χ3v) is 5.85. The first kappa shape index (κ1) is 13.5. The molecule has 1 aliphatic rings. The predicted octanol–water partition coefficient (Wildman–Crippen LogP) is 1.82. The Balaban J connectivity index is 2.14. The normalized spacial score (nSPS) is 21.1. The van der Waals surface area contributed by atoms with Crippen LogP contribution in [0.25, 0.3) is 10.8 Å². The van der Waals surface area contributed by atoms with E-state index >= 15 is 0 Å². The summed E-state index contributed by atoms with van der Waals surface area (Å²) in [5.41, 5.74) is 0. The summed E-state index contributed by atoms with van der Waals surface area (Å²) < 4.78 is 27.4. The number of fused-ring (bicyclic) bond motifs is 1. The minimum atomic E-state index is -3.44. The summed E-state index contributed by atoms with van der Waals surface area (Å²) in [4.78, 5) is 0.407. The molecule has 1 fully saturated rings. The fourth-order valence-electron chi connectivity index (χ4n) is 2.73. The molecule has 2 aromatic carbocycles. The van der Waals surface area contributed by atoms with Crippen LogP contribution in [-0.2, 0) is 10.0 Å². The van der Waals surface area contributed by atoms with E-state index in [0.29, 0.717) is 24.5 Å². The zero-order valence-electron chi connectivity index (χ0n) is 11.4. The Labute approximate surface area is 119 Å². The highest BCUT2D eigenvalue weighted by molar-refractivity contribution is 7.89. The standard InChI is InChI=1S/C15H18N2O2S/c1-12-11-16-9-10-17(12)20(18,19)15-8-4-6-13-5-2-3-7-14(13)15/h2-8,12,16H,9-11H2,1H3. The molecule has 5 heteroatoms. The minimum Gasteiger partial charge on any atom is -0.314 e. The summed E-state index contributed by atoms with van der Waals surface area (Å²) in [6, 6.07) is 13.0. The Morgan fingerprint density at radius 1 is 1.15 bits per heavy atom. The van der Waals surface area contributed by atoms with E-state index < -0.39 is 10.0 Å². The Bertz CT molecular complexity index is 722. The topological polar surface area (TPSA) is 49.4 Å². The first-order valence-electron chi connectivity index (χ1n) is 6.81. The van der Waals surface area contributed by atoms with Crippen LogP contribution in [0.5, 0.6) is 0 Å². The van der Waals surface area contributed by atoms with Crippen molar-refractivity contribution < 1.29 is 8.42 Å². The van der Waals surface area contributed by atoms with Gasteiger partial charge < -0.3 is 5.32 Å². The van der Waals surface area contributed by atoms with Crippen LogP contribution in [0.3, 0.4) is 0 Å². The third kappa shape index (κ3) is 2.22. The van der Waals surface area contributed by atoms with Crippen LogP contribution in [0.4, 0.5) is 0 Å². The lowest BCUT2D eigenvalue weighted by atomic mass is 10.1. The Morgan fingerprint density at radius 3 is 2.70 bits per heavy atom. The van der Waals surface area contributed by atoms with Crippen molar-refractivity contribution in [3.63, 3.8) is 0 Å². The zero-order chi connectivity index (χ0) is 14.2. The van der Waals surface area contributed by atoms with Crippen LogP contribution >= 0.6 is 0 Å². The number of rotatable bonds is 2. The number of piperazine rings is 1. The maximum atomic E-state index is 12.9. The predicted molar refractivity (Wildman–Crippen MR) is 80.2 cm³/mol. The van der Waals surface area contributed by atoms with Gasteiger partial charge in [0.05, 0.1) is 4.90 Å². The lowest BCUT2D eigenvalue weighted by Gasteiger charge is -2.33. The van der Waals surface area contributed by atoms with Crippen molar-refractivity contribution in [1.82, 2.24) is 9.62 Å². The van der Waals surface area contributed by atoms with Gasteiger partial charge in [-0.1, -0.05) is 36.4 Å². The molecule has 0 spiro atoms. The molecule has 2 aromatic rings. The molecule has 1 aliphatic heterocycles. The number of hydrogen-bond acceptors (Lipinski definition) is 3. The third-order valence-electron chi connectivity index (χ3n) is 3.78. The molecule has 1 heterocycles.